The van der Waals surface area contributed by atoms with Crippen molar-refractivity contribution in [1.29, 1.82) is 0 Å². The fourth-order valence-electron chi connectivity index (χ4n) is 3.09. The Morgan fingerprint density at radius 1 is 1.13 bits per heavy atom. The number of para-hydroxylation sites is 2. The Morgan fingerprint density at radius 2 is 1.87 bits per heavy atom. The maximum absolute atomic E-state index is 4.90. The summed E-state index contributed by atoms with van der Waals surface area (Å²) in [7, 11) is 2.15. The molecule has 1 aromatic carbocycles. The van der Waals surface area contributed by atoms with Crippen molar-refractivity contribution in [2.45, 2.75) is 37.8 Å². The van der Waals surface area contributed by atoms with E-state index in [1.807, 2.05) is 24.3 Å². The van der Waals surface area contributed by atoms with Crippen LogP contribution in [0.1, 0.15) is 25.7 Å². The number of halogens is 1. The molecule has 0 unspecified atom stereocenters. The molecule has 1 aromatic heterocycles. The van der Waals surface area contributed by atoms with Crippen molar-refractivity contribution >= 4 is 35.1 Å². The van der Waals surface area contributed by atoms with Crippen LogP contribution < -0.4 is 15.5 Å². The Balaban J connectivity index is 0.00000156. The second-order valence-corrected chi connectivity index (χ2v) is 6.41. The van der Waals surface area contributed by atoms with Crippen LogP contribution >= 0.6 is 12.4 Å². The maximum Gasteiger partial charge on any atom is 0.172 e. The van der Waals surface area contributed by atoms with Crippen molar-refractivity contribution < 1.29 is 0 Å². The third-order valence-corrected chi connectivity index (χ3v) is 4.62. The zero-order chi connectivity index (χ0) is 14.9. The van der Waals surface area contributed by atoms with Crippen LogP contribution in [-0.2, 0) is 0 Å². The number of benzene rings is 1. The van der Waals surface area contributed by atoms with Gasteiger partial charge in [0.25, 0.3) is 0 Å². The summed E-state index contributed by atoms with van der Waals surface area (Å²) in [5, 5.41) is 7.05. The van der Waals surface area contributed by atoms with Gasteiger partial charge in [0.1, 0.15) is 0 Å². The predicted octanol–water partition coefficient (Wildman–Crippen LogP) is 2.81. The maximum atomic E-state index is 4.90. The van der Waals surface area contributed by atoms with E-state index in [4.69, 9.17) is 9.97 Å². The molecule has 0 amide bonds. The van der Waals surface area contributed by atoms with Crippen molar-refractivity contribution in [3.05, 3.63) is 24.3 Å². The number of piperidine rings is 1. The first-order valence-corrected chi connectivity index (χ1v) is 8.28. The molecule has 1 atom stereocenters. The highest BCUT2D eigenvalue weighted by atomic mass is 35.5. The monoisotopic (exact) mass is 333 g/mol. The van der Waals surface area contributed by atoms with Crippen molar-refractivity contribution in [2.24, 2.45) is 0 Å². The number of nitrogens with one attached hydrogen (secondary N) is 2. The Kier molecular flexibility index (Phi) is 4.87. The molecule has 0 bridgehead atoms. The molecule has 0 spiro atoms. The Morgan fingerprint density at radius 3 is 2.52 bits per heavy atom. The summed E-state index contributed by atoms with van der Waals surface area (Å²) in [6.07, 6.45) is 4.91. The van der Waals surface area contributed by atoms with Gasteiger partial charge in [0, 0.05) is 25.7 Å². The van der Waals surface area contributed by atoms with E-state index in [0.29, 0.717) is 12.1 Å². The summed E-state index contributed by atoms with van der Waals surface area (Å²) in [4.78, 5) is 12.0. The lowest BCUT2D eigenvalue weighted by Crippen LogP contribution is -2.44. The smallest absolute Gasteiger partial charge is 0.172 e. The Hall–Kier alpha value is -1.59. The van der Waals surface area contributed by atoms with Crippen molar-refractivity contribution in [3.8, 4) is 0 Å². The molecule has 1 aliphatic carbocycles. The molecule has 1 aliphatic heterocycles. The van der Waals surface area contributed by atoms with Gasteiger partial charge in [-0.25, -0.2) is 9.97 Å². The zero-order valence-corrected chi connectivity index (χ0v) is 14.3. The molecule has 2 aromatic rings. The quantitative estimate of drug-likeness (QED) is 0.901. The number of fused-ring (bicyclic) bond motifs is 1. The topological polar surface area (TPSA) is 53.1 Å². The van der Waals surface area contributed by atoms with Crippen LogP contribution in [0.3, 0.4) is 0 Å². The van der Waals surface area contributed by atoms with Gasteiger partial charge < -0.3 is 15.5 Å². The number of aromatic nitrogens is 2. The molecule has 2 aliphatic rings. The Labute approximate surface area is 143 Å². The molecular formula is C17H24ClN5. The number of likely N-dealkylation sites (N-methyl/N-ethyl adjacent to an activating group) is 1. The third-order valence-electron chi connectivity index (χ3n) is 4.62. The number of hydrogen-bond acceptors (Lipinski definition) is 5. The minimum atomic E-state index is 0. The lowest BCUT2D eigenvalue weighted by molar-refractivity contribution is 0.443. The summed E-state index contributed by atoms with van der Waals surface area (Å²) in [5.41, 5.74) is 1.93. The van der Waals surface area contributed by atoms with E-state index >= 15 is 0 Å². The van der Waals surface area contributed by atoms with Crippen LogP contribution in [0, 0.1) is 0 Å². The van der Waals surface area contributed by atoms with Gasteiger partial charge in [-0.1, -0.05) is 12.1 Å². The van der Waals surface area contributed by atoms with Crippen LogP contribution in [0.4, 0.5) is 11.6 Å². The second kappa shape index (κ2) is 6.89. The SMILES string of the molecule is CN(c1nc2ccccc2nc1NC1CC1)[C@H]1CCCNC1.Cl. The first kappa shape index (κ1) is 16.3. The molecule has 2 heterocycles. The van der Waals surface area contributed by atoms with Gasteiger partial charge in [-0.05, 0) is 44.4 Å². The van der Waals surface area contributed by atoms with Gasteiger partial charge in [0.2, 0.25) is 0 Å². The van der Waals surface area contributed by atoms with Crippen LogP contribution in [0.2, 0.25) is 0 Å². The number of nitrogens with zero attached hydrogens (tertiary/aromatic N) is 3. The first-order chi connectivity index (χ1) is 10.8. The molecule has 6 heteroatoms. The third kappa shape index (κ3) is 3.51. The largest absolute Gasteiger partial charge is 0.364 e. The minimum Gasteiger partial charge on any atom is -0.364 e. The number of anilines is 2. The van der Waals surface area contributed by atoms with E-state index in [-0.39, 0.29) is 12.4 Å². The lowest BCUT2D eigenvalue weighted by atomic mass is 10.1. The summed E-state index contributed by atoms with van der Waals surface area (Å²) < 4.78 is 0. The zero-order valence-electron chi connectivity index (χ0n) is 13.5. The standard InChI is InChI=1S/C17H23N5.ClH/c1-22(13-5-4-10-18-11-13)17-16(19-12-8-9-12)20-14-6-2-3-7-15(14)21-17;/h2-3,6-7,12-13,18H,4-5,8-11H2,1H3,(H,19,20);1H/t13-;/m0./s1. The molecule has 1 saturated carbocycles. The van der Waals surface area contributed by atoms with Gasteiger partial charge in [0.15, 0.2) is 11.6 Å². The van der Waals surface area contributed by atoms with Gasteiger partial charge >= 0.3 is 0 Å². The highest BCUT2D eigenvalue weighted by Gasteiger charge is 2.27. The normalized spacial score (nSPS) is 20.8. The van der Waals surface area contributed by atoms with Crippen LogP contribution in [0.5, 0.6) is 0 Å². The highest BCUT2D eigenvalue weighted by Crippen LogP contribution is 2.31. The molecule has 1 saturated heterocycles. The lowest BCUT2D eigenvalue weighted by Gasteiger charge is -2.33. The highest BCUT2D eigenvalue weighted by molar-refractivity contribution is 5.85. The van der Waals surface area contributed by atoms with Gasteiger partial charge in [0.05, 0.1) is 11.0 Å². The molecule has 2 N–H and O–H groups in total. The van der Waals surface area contributed by atoms with Crippen molar-refractivity contribution in [1.82, 2.24) is 15.3 Å². The molecular weight excluding hydrogens is 310 g/mol. The molecule has 4 rings (SSSR count). The van der Waals surface area contributed by atoms with Crippen LogP contribution in [-0.4, -0.2) is 42.2 Å². The van der Waals surface area contributed by atoms with E-state index in [1.165, 1.54) is 25.7 Å². The van der Waals surface area contributed by atoms with E-state index in [9.17, 15) is 0 Å². The van der Waals surface area contributed by atoms with E-state index < -0.39 is 0 Å². The molecule has 23 heavy (non-hydrogen) atoms. The molecule has 2 fully saturated rings. The molecule has 5 nitrogen and oxygen atoms in total. The van der Waals surface area contributed by atoms with E-state index in [2.05, 4.69) is 22.6 Å². The minimum absolute atomic E-state index is 0. The van der Waals surface area contributed by atoms with Crippen molar-refractivity contribution in [2.75, 3.05) is 30.4 Å². The van der Waals surface area contributed by atoms with E-state index in [1.54, 1.807) is 0 Å². The predicted molar refractivity (Wildman–Crippen MR) is 97.7 cm³/mol. The first-order valence-electron chi connectivity index (χ1n) is 8.28. The molecule has 124 valence electrons. The van der Waals surface area contributed by atoms with Crippen LogP contribution in [0.15, 0.2) is 24.3 Å². The summed E-state index contributed by atoms with van der Waals surface area (Å²) >= 11 is 0. The van der Waals surface area contributed by atoms with Gasteiger partial charge in [-0.15, -0.1) is 12.4 Å². The average molecular weight is 334 g/mol. The second-order valence-electron chi connectivity index (χ2n) is 6.41. The summed E-state index contributed by atoms with van der Waals surface area (Å²) in [5.74, 6) is 1.92. The fraction of sp³-hybridized carbons (Fsp3) is 0.529. The van der Waals surface area contributed by atoms with Gasteiger partial charge in [-0.3, -0.25) is 0 Å². The van der Waals surface area contributed by atoms with Crippen LogP contribution in [0.25, 0.3) is 11.0 Å². The Bertz CT molecular complexity index is 667. The molecule has 0 radical (unpaired) electrons. The van der Waals surface area contributed by atoms with Gasteiger partial charge in [-0.2, -0.15) is 0 Å². The summed E-state index contributed by atoms with van der Waals surface area (Å²) in [6, 6.07) is 9.19. The van der Waals surface area contributed by atoms with Crippen molar-refractivity contribution in [3.63, 3.8) is 0 Å². The fourth-order valence-corrected chi connectivity index (χ4v) is 3.09. The number of hydrogen-bond donors (Lipinski definition) is 2. The van der Waals surface area contributed by atoms with E-state index in [0.717, 1.165) is 35.8 Å². The average Bonchev–Trinajstić information content (AvgIpc) is 3.38. The number of rotatable bonds is 4. The summed E-state index contributed by atoms with van der Waals surface area (Å²) in [6.45, 7) is 2.15.